The lowest BCUT2D eigenvalue weighted by atomic mass is 10.1. The molecule has 116 valence electrons. The largest absolute Gasteiger partial charge is 0.492 e. The maximum atomic E-state index is 12.1. The van der Waals surface area contributed by atoms with Gasteiger partial charge in [0.05, 0.1) is 18.8 Å². The average Bonchev–Trinajstić information content (AvgIpc) is 2.49. The van der Waals surface area contributed by atoms with Gasteiger partial charge in [-0.25, -0.2) is 0 Å². The van der Waals surface area contributed by atoms with E-state index in [2.05, 4.69) is 10.6 Å². The molecule has 0 unspecified atom stereocenters. The minimum atomic E-state index is -0.0849. The molecule has 1 amide bonds. The van der Waals surface area contributed by atoms with E-state index in [1.165, 1.54) is 5.56 Å². The number of nitrogens with one attached hydrogen (secondary N) is 2. The molecule has 0 spiro atoms. The molecule has 0 radical (unpaired) electrons. The molecular formula is C18H22N2O2. The highest BCUT2D eigenvalue weighted by molar-refractivity contribution is 5.94. The van der Waals surface area contributed by atoms with E-state index in [-0.39, 0.29) is 12.5 Å². The van der Waals surface area contributed by atoms with Crippen molar-refractivity contribution in [1.29, 1.82) is 0 Å². The molecule has 4 heteroatoms. The van der Waals surface area contributed by atoms with Crippen molar-refractivity contribution in [3.63, 3.8) is 0 Å². The molecule has 2 rings (SSSR count). The molecule has 0 saturated carbocycles. The number of aryl methyl sites for hydroxylation is 2. The number of anilines is 2. The lowest BCUT2D eigenvalue weighted by molar-refractivity contribution is -0.114. The Morgan fingerprint density at radius 2 is 1.86 bits per heavy atom. The second-order valence-corrected chi connectivity index (χ2v) is 5.15. The number of hydrogen-bond acceptors (Lipinski definition) is 3. The van der Waals surface area contributed by atoms with Gasteiger partial charge >= 0.3 is 0 Å². The summed E-state index contributed by atoms with van der Waals surface area (Å²) in [4.78, 5) is 12.1. The van der Waals surface area contributed by atoms with Crippen LogP contribution in [0.2, 0.25) is 0 Å². The van der Waals surface area contributed by atoms with Crippen molar-refractivity contribution in [3.05, 3.63) is 53.6 Å². The molecule has 0 heterocycles. The van der Waals surface area contributed by atoms with E-state index in [4.69, 9.17) is 4.74 Å². The van der Waals surface area contributed by atoms with Gasteiger partial charge in [0.15, 0.2) is 0 Å². The first kappa shape index (κ1) is 15.9. The summed E-state index contributed by atoms with van der Waals surface area (Å²) in [5.74, 6) is 0.669. The van der Waals surface area contributed by atoms with Crippen LogP contribution >= 0.6 is 0 Å². The maximum absolute atomic E-state index is 12.1. The molecule has 4 nitrogen and oxygen atoms in total. The van der Waals surface area contributed by atoms with Crippen LogP contribution in [0, 0.1) is 13.8 Å². The van der Waals surface area contributed by atoms with Crippen LogP contribution in [0.5, 0.6) is 5.75 Å². The summed E-state index contributed by atoms with van der Waals surface area (Å²) < 4.78 is 5.53. The minimum absolute atomic E-state index is 0.0849. The van der Waals surface area contributed by atoms with E-state index in [0.29, 0.717) is 6.61 Å². The average molecular weight is 298 g/mol. The minimum Gasteiger partial charge on any atom is -0.492 e. The van der Waals surface area contributed by atoms with E-state index in [9.17, 15) is 4.79 Å². The fourth-order valence-electron chi connectivity index (χ4n) is 2.22. The number of carbonyl (C=O) groups excluding carboxylic acids is 1. The molecule has 0 saturated heterocycles. The van der Waals surface area contributed by atoms with Crippen LogP contribution in [0.1, 0.15) is 18.1 Å². The molecule has 2 aromatic carbocycles. The van der Waals surface area contributed by atoms with Gasteiger partial charge in [-0.15, -0.1) is 0 Å². The lowest BCUT2D eigenvalue weighted by Crippen LogP contribution is -2.22. The van der Waals surface area contributed by atoms with Crippen molar-refractivity contribution in [2.24, 2.45) is 0 Å². The fraction of sp³-hybridized carbons (Fsp3) is 0.278. The predicted octanol–water partition coefficient (Wildman–Crippen LogP) is 3.75. The summed E-state index contributed by atoms with van der Waals surface area (Å²) >= 11 is 0. The Bertz CT molecular complexity index is 653. The van der Waals surface area contributed by atoms with Crippen LogP contribution in [0.3, 0.4) is 0 Å². The van der Waals surface area contributed by atoms with E-state index < -0.39 is 0 Å². The van der Waals surface area contributed by atoms with Gasteiger partial charge in [0, 0.05) is 5.69 Å². The Kier molecular flexibility index (Phi) is 5.42. The summed E-state index contributed by atoms with van der Waals surface area (Å²) in [5, 5.41) is 6.03. The van der Waals surface area contributed by atoms with Crippen LogP contribution in [0.15, 0.2) is 42.5 Å². The second kappa shape index (κ2) is 7.50. The third-order valence-electron chi connectivity index (χ3n) is 3.28. The predicted molar refractivity (Wildman–Crippen MR) is 90.6 cm³/mol. The third kappa shape index (κ3) is 4.25. The quantitative estimate of drug-likeness (QED) is 0.854. The van der Waals surface area contributed by atoms with Crippen LogP contribution in [0.4, 0.5) is 11.4 Å². The Balaban J connectivity index is 1.95. The molecule has 0 atom stereocenters. The smallest absolute Gasteiger partial charge is 0.243 e. The van der Waals surface area contributed by atoms with Crippen molar-refractivity contribution >= 4 is 17.3 Å². The first-order valence-corrected chi connectivity index (χ1v) is 7.43. The summed E-state index contributed by atoms with van der Waals surface area (Å²) in [6, 6.07) is 13.6. The van der Waals surface area contributed by atoms with E-state index >= 15 is 0 Å². The highest BCUT2D eigenvalue weighted by Gasteiger charge is 2.07. The monoisotopic (exact) mass is 298 g/mol. The van der Waals surface area contributed by atoms with Crippen molar-refractivity contribution in [3.8, 4) is 5.75 Å². The molecular weight excluding hydrogens is 276 g/mol. The normalized spacial score (nSPS) is 10.1. The zero-order valence-electron chi connectivity index (χ0n) is 13.3. The Hall–Kier alpha value is -2.49. The number of hydrogen-bond donors (Lipinski definition) is 2. The van der Waals surface area contributed by atoms with Crippen LogP contribution in [-0.4, -0.2) is 19.1 Å². The van der Waals surface area contributed by atoms with Crippen LogP contribution in [0.25, 0.3) is 0 Å². The van der Waals surface area contributed by atoms with Gasteiger partial charge in [0.1, 0.15) is 5.75 Å². The molecule has 0 fully saturated rings. The fourth-order valence-corrected chi connectivity index (χ4v) is 2.22. The van der Waals surface area contributed by atoms with Gasteiger partial charge in [0.2, 0.25) is 5.91 Å². The molecule has 0 aliphatic carbocycles. The van der Waals surface area contributed by atoms with Crippen molar-refractivity contribution in [2.75, 3.05) is 23.8 Å². The Labute approximate surface area is 131 Å². The number of ether oxygens (including phenoxy) is 1. The number of amides is 1. The summed E-state index contributed by atoms with van der Waals surface area (Å²) in [5.41, 5.74) is 3.90. The molecule has 2 aromatic rings. The molecule has 0 bridgehead atoms. The summed E-state index contributed by atoms with van der Waals surface area (Å²) in [6.07, 6.45) is 0. The van der Waals surface area contributed by atoms with Gasteiger partial charge in [-0.2, -0.15) is 0 Å². The van der Waals surface area contributed by atoms with Crippen LogP contribution < -0.4 is 15.4 Å². The van der Waals surface area contributed by atoms with E-state index in [1.54, 1.807) is 0 Å². The topological polar surface area (TPSA) is 50.4 Å². The van der Waals surface area contributed by atoms with Gasteiger partial charge in [0.25, 0.3) is 0 Å². The Morgan fingerprint density at radius 1 is 1.09 bits per heavy atom. The van der Waals surface area contributed by atoms with E-state index in [1.807, 2.05) is 63.2 Å². The lowest BCUT2D eigenvalue weighted by Gasteiger charge is -2.13. The molecule has 0 aliphatic heterocycles. The first-order chi connectivity index (χ1) is 10.6. The van der Waals surface area contributed by atoms with Gasteiger partial charge in [-0.3, -0.25) is 4.79 Å². The first-order valence-electron chi connectivity index (χ1n) is 7.43. The van der Waals surface area contributed by atoms with Crippen molar-refractivity contribution < 1.29 is 9.53 Å². The SMILES string of the molecule is CCOc1ccccc1NCC(=O)Nc1ccc(C)cc1C. The highest BCUT2D eigenvalue weighted by atomic mass is 16.5. The Morgan fingerprint density at radius 3 is 2.59 bits per heavy atom. The van der Waals surface area contributed by atoms with Gasteiger partial charge in [-0.05, 0) is 44.5 Å². The number of benzene rings is 2. The molecule has 2 N–H and O–H groups in total. The molecule has 0 aromatic heterocycles. The zero-order valence-corrected chi connectivity index (χ0v) is 13.3. The standard InChI is InChI=1S/C18H22N2O2/c1-4-22-17-8-6-5-7-16(17)19-12-18(21)20-15-10-9-13(2)11-14(15)3/h5-11,19H,4,12H2,1-3H3,(H,20,21). The summed E-state index contributed by atoms with van der Waals surface area (Å²) in [6.45, 7) is 6.74. The maximum Gasteiger partial charge on any atom is 0.243 e. The number of para-hydroxylation sites is 2. The number of rotatable bonds is 6. The second-order valence-electron chi connectivity index (χ2n) is 5.15. The number of carbonyl (C=O) groups is 1. The zero-order chi connectivity index (χ0) is 15.9. The van der Waals surface area contributed by atoms with Gasteiger partial charge in [-0.1, -0.05) is 29.8 Å². The van der Waals surface area contributed by atoms with Crippen molar-refractivity contribution in [2.45, 2.75) is 20.8 Å². The summed E-state index contributed by atoms with van der Waals surface area (Å²) in [7, 11) is 0. The molecule has 0 aliphatic rings. The highest BCUT2D eigenvalue weighted by Crippen LogP contribution is 2.23. The van der Waals surface area contributed by atoms with Crippen molar-refractivity contribution in [1.82, 2.24) is 0 Å². The van der Waals surface area contributed by atoms with Crippen LogP contribution in [-0.2, 0) is 4.79 Å². The third-order valence-corrected chi connectivity index (χ3v) is 3.28. The van der Waals surface area contributed by atoms with Gasteiger partial charge < -0.3 is 15.4 Å². The van der Waals surface area contributed by atoms with E-state index in [0.717, 1.165) is 22.7 Å². The molecule has 22 heavy (non-hydrogen) atoms.